The molecule has 2 atom stereocenters. The van der Waals surface area contributed by atoms with Crippen molar-refractivity contribution in [1.29, 1.82) is 0 Å². The van der Waals surface area contributed by atoms with Gasteiger partial charge in [-0.3, -0.25) is 9.59 Å². The van der Waals surface area contributed by atoms with Crippen molar-refractivity contribution in [2.24, 2.45) is 0 Å². The molecule has 0 saturated heterocycles. The molecule has 0 spiro atoms. The number of nitrogens with one attached hydrogen (secondary N) is 2. The molecule has 4 N–H and O–H groups in total. The predicted molar refractivity (Wildman–Crippen MR) is 82.0 cm³/mol. The minimum absolute atomic E-state index is 0.0507. The van der Waals surface area contributed by atoms with E-state index >= 15 is 0 Å². The second-order valence-corrected chi connectivity index (χ2v) is 4.82. The lowest BCUT2D eigenvalue weighted by Crippen LogP contribution is -2.48. The molecule has 0 saturated carbocycles. The highest BCUT2D eigenvalue weighted by molar-refractivity contribution is 6.01. The van der Waals surface area contributed by atoms with Gasteiger partial charge >= 0.3 is 5.97 Å². The van der Waals surface area contributed by atoms with Gasteiger partial charge in [-0.2, -0.15) is 0 Å². The van der Waals surface area contributed by atoms with E-state index in [1.54, 1.807) is 0 Å². The largest absolute Gasteiger partial charge is 0.505 e. The van der Waals surface area contributed by atoms with Crippen LogP contribution in [0.3, 0.4) is 0 Å². The molecule has 23 heavy (non-hydrogen) atoms. The van der Waals surface area contributed by atoms with Crippen molar-refractivity contribution < 1.29 is 29.3 Å². The molecule has 0 aliphatic heterocycles. The number of ether oxygens (including phenoxy) is 1. The van der Waals surface area contributed by atoms with E-state index in [4.69, 9.17) is 4.74 Å². The summed E-state index contributed by atoms with van der Waals surface area (Å²) >= 11 is 0. The van der Waals surface area contributed by atoms with E-state index in [-0.39, 0.29) is 17.9 Å². The molecule has 8 nitrogen and oxygen atoms in total. The quantitative estimate of drug-likeness (QED) is 0.311. The summed E-state index contributed by atoms with van der Waals surface area (Å²) in [5, 5.41) is 24.2. The van der Waals surface area contributed by atoms with Crippen LogP contribution in [0.1, 0.15) is 30.6 Å². The van der Waals surface area contributed by atoms with Gasteiger partial charge in [0.05, 0.1) is 24.0 Å². The number of carbonyl (C=O) groups excluding carboxylic acids is 3. The monoisotopic (exact) mass is 324 g/mol. The Kier molecular flexibility index (Phi) is 7.01. The SMILES string of the molecule is CCCOC(=O)C(NC(=O)c1cccc(NC=O)c1O)C(C)O. The molecular formula is C15H20N2O6. The summed E-state index contributed by atoms with van der Waals surface area (Å²) in [5.74, 6) is -1.99. The fourth-order valence-corrected chi connectivity index (χ4v) is 1.79. The van der Waals surface area contributed by atoms with Crippen molar-refractivity contribution in [3.8, 4) is 5.75 Å². The van der Waals surface area contributed by atoms with Crippen molar-refractivity contribution in [1.82, 2.24) is 5.32 Å². The van der Waals surface area contributed by atoms with Crippen LogP contribution >= 0.6 is 0 Å². The van der Waals surface area contributed by atoms with E-state index in [0.717, 1.165) is 0 Å². The molecule has 0 aliphatic carbocycles. The van der Waals surface area contributed by atoms with Gasteiger partial charge in [0.25, 0.3) is 5.91 Å². The normalized spacial score (nSPS) is 12.8. The van der Waals surface area contributed by atoms with Crippen LogP contribution in [-0.2, 0) is 14.3 Å². The summed E-state index contributed by atoms with van der Waals surface area (Å²) < 4.78 is 4.91. The van der Waals surface area contributed by atoms with Crippen molar-refractivity contribution in [3.05, 3.63) is 23.8 Å². The molecule has 0 aliphatic rings. The second-order valence-electron chi connectivity index (χ2n) is 4.82. The van der Waals surface area contributed by atoms with Crippen LogP contribution in [0.2, 0.25) is 0 Å². The zero-order chi connectivity index (χ0) is 17.4. The fourth-order valence-electron chi connectivity index (χ4n) is 1.79. The van der Waals surface area contributed by atoms with Gasteiger partial charge in [0.15, 0.2) is 11.8 Å². The fraction of sp³-hybridized carbons (Fsp3) is 0.400. The number of para-hydroxylation sites is 1. The number of phenolic OH excluding ortho intramolecular Hbond substituents is 1. The Labute approximate surface area is 133 Å². The zero-order valence-corrected chi connectivity index (χ0v) is 12.9. The van der Waals surface area contributed by atoms with Crippen LogP contribution in [0, 0.1) is 0 Å². The first-order chi connectivity index (χ1) is 10.9. The van der Waals surface area contributed by atoms with Crippen LogP contribution < -0.4 is 10.6 Å². The van der Waals surface area contributed by atoms with Gasteiger partial charge in [0.2, 0.25) is 6.41 Å². The third-order valence-corrected chi connectivity index (χ3v) is 2.97. The molecule has 2 amide bonds. The number of carbonyl (C=O) groups is 3. The van der Waals surface area contributed by atoms with Crippen molar-refractivity contribution >= 4 is 24.0 Å². The molecule has 1 aromatic rings. The zero-order valence-electron chi connectivity index (χ0n) is 12.9. The molecular weight excluding hydrogens is 304 g/mol. The van der Waals surface area contributed by atoms with Crippen LogP contribution in [0.4, 0.5) is 5.69 Å². The summed E-state index contributed by atoms with van der Waals surface area (Å²) in [5.41, 5.74) is -0.0967. The van der Waals surface area contributed by atoms with Gasteiger partial charge in [-0.15, -0.1) is 0 Å². The highest BCUT2D eigenvalue weighted by Crippen LogP contribution is 2.27. The number of rotatable bonds is 8. The summed E-state index contributed by atoms with van der Waals surface area (Å²) in [7, 11) is 0. The van der Waals surface area contributed by atoms with Crippen molar-refractivity contribution in [3.63, 3.8) is 0 Å². The van der Waals surface area contributed by atoms with Gasteiger partial charge in [-0.1, -0.05) is 13.0 Å². The van der Waals surface area contributed by atoms with Gasteiger partial charge in [0, 0.05) is 0 Å². The van der Waals surface area contributed by atoms with E-state index in [1.807, 2.05) is 6.92 Å². The summed E-state index contributed by atoms with van der Waals surface area (Å²) in [6, 6.07) is 2.91. The number of aliphatic hydroxyl groups excluding tert-OH is 1. The van der Waals surface area contributed by atoms with Gasteiger partial charge < -0.3 is 25.6 Å². The number of amides is 2. The molecule has 0 radical (unpaired) electrons. The second kappa shape index (κ2) is 8.74. The first-order valence-corrected chi connectivity index (χ1v) is 7.10. The Bertz CT molecular complexity index is 573. The third-order valence-electron chi connectivity index (χ3n) is 2.97. The number of aromatic hydroxyl groups is 1. The molecule has 2 unspecified atom stereocenters. The molecule has 0 heterocycles. The lowest BCUT2D eigenvalue weighted by molar-refractivity contribution is -0.148. The third kappa shape index (κ3) is 4.96. The van der Waals surface area contributed by atoms with Crippen LogP contribution in [0.25, 0.3) is 0 Å². The maximum Gasteiger partial charge on any atom is 0.331 e. The van der Waals surface area contributed by atoms with Crippen LogP contribution in [-0.4, -0.2) is 47.3 Å². The molecule has 126 valence electrons. The van der Waals surface area contributed by atoms with Crippen molar-refractivity contribution in [2.45, 2.75) is 32.4 Å². The molecule has 0 fully saturated rings. The standard InChI is InChI=1S/C15H20N2O6/c1-3-7-23-15(22)12(9(2)19)17-14(21)10-5-4-6-11(13(10)20)16-8-18/h4-6,8-9,12,19-20H,3,7H2,1-2H3,(H,16,18)(H,17,21). The minimum atomic E-state index is -1.27. The molecule has 8 heteroatoms. The van der Waals surface area contributed by atoms with Crippen LogP contribution in [0.5, 0.6) is 5.75 Å². The number of phenols is 1. The molecule has 1 aromatic carbocycles. The lowest BCUT2D eigenvalue weighted by atomic mass is 10.1. The van der Waals surface area contributed by atoms with Gasteiger partial charge in [-0.25, -0.2) is 4.79 Å². The van der Waals surface area contributed by atoms with Crippen molar-refractivity contribution in [2.75, 3.05) is 11.9 Å². The Morgan fingerprint density at radius 1 is 1.39 bits per heavy atom. The van der Waals surface area contributed by atoms with E-state index < -0.39 is 29.8 Å². The highest BCUT2D eigenvalue weighted by Gasteiger charge is 2.28. The smallest absolute Gasteiger partial charge is 0.331 e. The van der Waals surface area contributed by atoms with Gasteiger partial charge in [-0.05, 0) is 25.5 Å². The van der Waals surface area contributed by atoms with E-state index in [0.29, 0.717) is 12.8 Å². The number of benzene rings is 1. The summed E-state index contributed by atoms with van der Waals surface area (Å²) in [4.78, 5) is 34.5. The number of hydrogen-bond acceptors (Lipinski definition) is 6. The summed E-state index contributed by atoms with van der Waals surface area (Å²) in [6.45, 7) is 3.32. The first kappa shape index (κ1) is 18.4. The Hall–Kier alpha value is -2.61. The topological polar surface area (TPSA) is 125 Å². The van der Waals surface area contributed by atoms with E-state index in [1.165, 1.54) is 25.1 Å². The molecule has 0 bridgehead atoms. The Balaban J connectivity index is 2.93. The summed E-state index contributed by atoms with van der Waals surface area (Å²) in [6.07, 6.45) is -0.217. The number of esters is 1. The number of hydrogen-bond donors (Lipinski definition) is 4. The van der Waals surface area contributed by atoms with Gasteiger partial charge in [0.1, 0.15) is 0 Å². The Morgan fingerprint density at radius 3 is 2.65 bits per heavy atom. The highest BCUT2D eigenvalue weighted by atomic mass is 16.5. The van der Waals surface area contributed by atoms with E-state index in [2.05, 4.69) is 10.6 Å². The molecule has 1 rings (SSSR count). The first-order valence-electron chi connectivity index (χ1n) is 7.10. The average molecular weight is 324 g/mol. The number of anilines is 1. The maximum absolute atomic E-state index is 12.2. The lowest BCUT2D eigenvalue weighted by Gasteiger charge is -2.20. The minimum Gasteiger partial charge on any atom is -0.505 e. The van der Waals surface area contributed by atoms with Crippen LogP contribution in [0.15, 0.2) is 18.2 Å². The number of aliphatic hydroxyl groups is 1. The Morgan fingerprint density at radius 2 is 2.09 bits per heavy atom. The average Bonchev–Trinajstić information content (AvgIpc) is 2.51. The maximum atomic E-state index is 12.2. The predicted octanol–water partition coefficient (Wildman–Crippen LogP) is 0.393. The molecule has 0 aromatic heterocycles. The van der Waals surface area contributed by atoms with E-state index in [9.17, 15) is 24.6 Å².